The van der Waals surface area contributed by atoms with E-state index in [1.165, 1.54) is 38.2 Å². The van der Waals surface area contributed by atoms with E-state index < -0.39 is 0 Å². The Bertz CT molecular complexity index is 1490. The Morgan fingerprint density at radius 1 is 1.15 bits per heavy atom. The van der Waals surface area contributed by atoms with Crippen LogP contribution < -0.4 is 14.5 Å². The number of hydrogen-bond donors (Lipinski definition) is 0. The van der Waals surface area contributed by atoms with Crippen molar-refractivity contribution in [1.82, 2.24) is 19.8 Å². The van der Waals surface area contributed by atoms with Crippen LogP contribution in [0.15, 0.2) is 30.9 Å². The molecular weight excluding hydrogens is 621 g/mol. The zero-order chi connectivity index (χ0) is 32.4. The van der Waals surface area contributed by atoms with Gasteiger partial charge < -0.3 is 24.3 Å². The molecule has 0 spiro atoms. The summed E-state index contributed by atoms with van der Waals surface area (Å²) in [5, 5.41) is 10.7. The predicted octanol–water partition coefficient (Wildman–Crippen LogP) is 6.13. The highest BCUT2D eigenvalue weighted by atomic mass is 35.5. The number of nitrogens with zero attached hydrogens (tertiary/aromatic N) is 7. The normalized spacial score (nSPS) is 23.0. The van der Waals surface area contributed by atoms with Gasteiger partial charge in [-0.15, -0.1) is 0 Å². The number of carbonyl (C=O) groups is 1. The number of amides is 1. The summed E-state index contributed by atoms with van der Waals surface area (Å²) >= 11 is 13.1. The highest BCUT2D eigenvalue weighted by Crippen LogP contribution is 2.48. The number of aromatic nitrogens is 2. The Morgan fingerprint density at radius 3 is 2.67 bits per heavy atom. The molecular formula is C35H45Cl2N7O2. The summed E-state index contributed by atoms with van der Waals surface area (Å²) < 4.78 is 6.67. The summed E-state index contributed by atoms with van der Waals surface area (Å²) in [5.41, 5.74) is 3.02. The van der Waals surface area contributed by atoms with Gasteiger partial charge in [0.2, 0.25) is 5.91 Å². The van der Waals surface area contributed by atoms with Crippen LogP contribution in [-0.4, -0.2) is 83.6 Å². The third kappa shape index (κ3) is 6.54. The third-order valence-electron chi connectivity index (χ3n) is 10.8. The molecule has 1 aliphatic carbocycles. The third-order valence-corrected chi connectivity index (χ3v) is 11.6. The van der Waals surface area contributed by atoms with Crippen molar-refractivity contribution in [3.05, 3.63) is 52.2 Å². The first-order valence-corrected chi connectivity index (χ1v) is 17.5. The Hall–Kier alpha value is -3.06. The molecule has 9 nitrogen and oxygen atoms in total. The van der Waals surface area contributed by atoms with Crippen molar-refractivity contribution in [1.29, 1.82) is 5.26 Å². The van der Waals surface area contributed by atoms with E-state index >= 15 is 0 Å². The van der Waals surface area contributed by atoms with Crippen LogP contribution in [0.4, 0.5) is 11.5 Å². The molecule has 46 heavy (non-hydrogen) atoms. The summed E-state index contributed by atoms with van der Waals surface area (Å²) in [5.74, 6) is 1.31. The second-order valence-electron chi connectivity index (χ2n) is 13.6. The molecule has 0 bridgehead atoms. The van der Waals surface area contributed by atoms with E-state index in [4.69, 9.17) is 37.9 Å². The Labute approximate surface area is 283 Å². The molecule has 1 aromatic carbocycles. The van der Waals surface area contributed by atoms with Crippen LogP contribution in [0.25, 0.3) is 0 Å². The van der Waals surface area contributed by atoms with E-state index in [-0.39, 0.29) is 23.8 Å². The number of piperazine rings is 1. The first kappa shape index (κ1) is 32.9. The van der Waals surface area contributed by atoms with Gasteiger partial charge in [-0.1, -0.05) is 48.7 Å². The molecule has 4 heterocycles. The summed E-state index contributed by atoms with van der Waals surface area (Å²) in [6, 6.07) is 8.69. The SMILES string of the molecule is C=CC(=O)N1CCN(c2nc(OCC3(C4CCN(C(C)C)C4)CCCC3)nc3c2CCN(c2cccc(Cl)c2Cl)C3)C[C@@H]1CC#N. The van der Waals surface area contributed by atoms with Crippen LogP contribution in [-0.2, 0) is 17.8 Å². The van der Waals surface area contributed by atoms with E-state index in [0.29, 0.717) is 60.8 Å². The highest BCUT2D eigenvalue weighted by molar-refractivity contribution is 6.43. The number of halogens is 2. The standard InChI is InChI=1S/C35H45Cl2N7O2/c1-4-31(45)44-19-18-43(21-26(44)10-15-38)33-27-12-17-42(30-9-7-8-28(36)32(30)37)22-29(27)39-34(40-33)46-23-35(13-5-6-14-35)25-11-16-41(20-25)24(2)3/h4,7-9,24-26H,1,5-6,10-14,16-23H2,2-3H3/t25?,26-/m0/s1. The fraction of sp³-hybridized carbons (Fsp3) is 0.600. The van der Waals surface area contributed by atoms with Crippen molar-refractivity contribution in [3.63, 3.8) is 0 Å². The van der Waals surface area contributed by atoms with Gasteiger partial charge in [0.15, 0.2) is 0 Å². The number of likely N-dealkylation sites (tertiary alicyclic amines) is 1. The largest absolute Gasteiger partial charge is 0.463 e. The molecule has 1 unspecified atom stereocenters. The fourth-order valence-corrected chi connectivity index (χ4v) is 8.52. The number of hydrogen-bond acceptors (Lipinski definition) is 8. The van der Waals surface area contributed by atoms with Crippen molar-refractivity contribution in [2.75, 3.05) is 55.7 Å². The number of fused-ring (bicyclic) bond motifs is 1. The van der Waals surface area contributed by atoms with Gasteiger partial charge in [0.05, 0.1) is 53.1 Å². The lowest BCUT2D eigenvalue weighted by molar-refractivity contribution is -0.128. The van der Waals surface area contributed by atoms with Crippen molar-refractivity contribution in [2.45, 2.75) is 77.4 Å². The maximum absolute atomic E-state index is 12.6. The molecule has 246 valence electrons. The molecule has 1 amide bonds. The van der Waals surface area contributed by atoms with Crippen molar-refractivity contribution >= 4 is 40.6 Å². The van der Waals surface area contributed by atoms with Gasteiger partial charge in [0, 0.05) is 49.7 Å². The number of benzene rings is 1. The summed E-state index contributed by atoms with van der Waals surface area (Å²) in [6.07, 6.45) is 8.33. The fourth-order valence-electron chi connectivity index (χ4n) is 8.11. The monoisotopic (exact) mass is 665 g/mol. The number of rotatable bonds is 9. The predicted molar refractivity (Wildman–Crippen MR) is 183 cm³/mol. The maximum Gasteiger partial charge on any atom is 0.318 e. The molecule has 2 saturated heterocycles. The summed E-state index contributed by atoms with van der Waals surface area (Å²) in [4.78, 5) is 31.6. The minimum atomic E-state index is -0.252. The average Bonchev–Trinajstić information content (AvgIpc) is 3.76. The molecule has 3 fully saturated rings. The zero-order valence-electron chi connectivity index (χ0n) is 27.1. The maximum atomic E-state index is 12.6. The van der Waals surface area contributed by atoms with Gasteiger partial charge >= 0.3 is 6.01 Å². The highest BCUT2D eigenvalue weighted by Gasteiger charge is 2.45. The van der Waals surface area contributed by atoms with Crippen LogP contribution >= 0.6 is 23.2 Å². The van der Waals surface area contributed by atoms with E-state index in [1.807, 2.05) is 12.1 Å². The molecule has 11 heteroatoms. The number of anilines is 2. The second-order valence-corrected chi connectivity index (χ2v) is 14.4. The smallest absolute Gasteiger partial charge is 0.318 e. The van der Waals surface area contributed by atoms with Gasteiger partial charge in [-0.25, -0.2) is 0 Å². The van der Waals surface area contributed by atoms with E-state index in [0.717, 1.165) is 48.8 Å². The lowest BCUT2D eigenvalue weighted by Gasteiger charge is -2.42. The Balaban J connectivity index is 1.31. The first-order valence-electron chi connectivity index (χ1n) is 16.7. The molecule has 2 atom stereocenters. The minimum absolute atomic E-state index is 0.137. The second kappa shape index (κ2) is 14.0. The van der Waals surface area contributed by atoms with E-state index in [2.05, 4.69) is 41.2 Å². The van der Waals surface area contributed by atoms with Crippen LogP contribution in [0.2, 0.25) is 10.0 Å². The summed E-state index contributed by atoms with van der Waals surface area (Å²) in [7, 11) is 0. The van der Waals surface area contributed by atoms with Crippen LogP contribution in [0.1, 0.15) is 63.6 Å². The molecule has 6 rings (SSSR count). The van der Waals surface area contributed by atoms with Crippen molar-refractivity contribution in [3.8, 4) is 12.1 Å². The molecule has 4 aliphatic rings. The summed E-state index contributed by atoms with van der Waals surface area (Å²) in [6.45, 7) is 14.0. The topological polar surface area (TPSA) is 88.8 Å². The molecule has 2 aromatic rings. The molecule has 0 N–H and O–H groups in total. The van der Waals surface area contributed by atoms with Gasteiger partial charge in [-0.05, 0) is 70.2 Å². The van der Waals surface area contributed by atoms with E-state index in [9.17, 15) is 10.1 Å². The van der Waals surface area contributed by atoms with Gasteiger partial charge in [0.25, 0.3) is 0 Å². The zero-order valence-corrected chi connectivity index (χ0v) is 28.6. The molecule has 3 aliphatic heterocycles. The van der Waals surface area contributed by atoms with Crippen LogP contribution in [0, 0.1) is 22.7 Å². The number of ether oxygens (including phenoxy) is 1. The lowest BCUT2D eigenvalue weighted by Crippen LogP contribution is -2.55. The Morgan fingerprint density at radius 2 is 1.96 bits per heavy atom. The van der Waals surface area contributed by atoms with Crippen LogP contribution in [0.3, 0.4) is 0 Å². The van der Waals surface area contributed by atoms with Crippen molar-refractivity contribution in [2.24, 2.45) is 11.3 Å². The Kier molecular flexibility index (Phi) is 9.98. The van der Waals surface area contributed by atoms with E-state index in [1.54, 1.807) is 11.0 Å². The number of carbonyl (C=O) groups excluding carboxylic acids is 1. The van der Waals surface area contributed by atoms with Gasteiger partial charge in [-0.3, -0.25) is 4.79 Å². The van der Waals surface area contributed by atoms with Gasteiger partial charge in [-0.2, -0.15) is 15.2 Å². The lowest BCUT2D eigenvalue weighted by atomic mass is 9.74. The first-order chi connectivity index (χ1) is 22.2. The quantitative estimate of drug-likeness (QED) is 0.296. The average molecular weight is 667 g/mol. The van der Waals surface area contributed by atoms with Crippen molar-refractivity contribution < 1.29 is 9.53 Å². The van der Waals surface area contributed by atoms with Gasteiger partial charge in [0.1, 0.15) is 5.82 Å². The molecule has 1 saturated carbocycles. The minimum Gasteiger partial charge on any atom is -0.463 e. The molecule has 0 radical (unpaired) electrons. The van der Waals surface area contributed by atoms with Crippen LogP contribution in [0.5, 0.6) is 6.01 Å². The number of nitriles is 1. The molecule has 1 aromatic heterocycles.